The van der Waals surface area contributed by atoms with Crippen LogP contribution in [0.3, 0.4) is 0 Å². The van der Waals surface area contributed by atoms with E-state index in [2.05, 4.69) is 20.3 Å². The number of nitrogens with zero attached hydrogens (tertiary/aromatic N) is 4. The summed E-state index contributed by atoms with van der Waals surface area (Å²) in [6.45, 7) is 4.85. The van der Waals surface area contributed by atoms with Gasteiger partial charge in [0, 0.05) is 30.9 Å². The second kappa shape index (κ2) is 9.84. The average Bonchev–Trinajstić information content (AvgIpc) is 3.09. The number of aromatic nitrogens is 3. The number of pyridine rings is 1. The van der Waals surface area contributed by atoms with Crippen LogP contribution in [0, 0.1) is 6.92 Å². The Bertz CT molecular complexity index is 1150. The monoisotopic (exact) mass is 465 g/mol. The molecular weight excluding hydrogens is 442 g/mol. The molecule has 3 heterocycles. The van der Waals surface area contributed by atoms with Crippen molar-refractivity contribution in [3.8, 4) is 0 Å². The molecule has 7 nitrogen and oxygen atoms in total. The van der Waals surface area contributed by atoms with E-state index in [0.717, 1.165) is 23.3 Å². The van der Waals surface area contributed by atoms with Crippen LogP contribution in [0.4, 0.5) is 23.2 Å². The average molecular weight is 465 g/mol. The first-order valence-corrected chi connectivity index (χ1v) is 10.4. The molecule has 33 heavy (non-hydrogen) atoms. The van der Waals surface area contributed by atoms with Crippen molar-refractivity contribution >= 4 is 22.6 Å². The van der Waals surface area contributed by atoms with Crippen LogP contribution in [-0.4, -0.2) is 51.9 Å². The predicted molar refractivity (Wildman–Crippen MR) is 113 cm³/mol. The van der Waals surface area contributed by atoms with E-state index in [4.69, 9.17) is 4.74 Å². The second-order valence-corrected chi connectivity index (χ2v) is 7.82. The highest BCUT2D eigenvalue weighted by Gasteiger charge is 2.24. The van der Waals surface area contributed by atoms with E-state index in [1.54, 1.807) is 6.07 Å². The van der Waals surface area contributed by atoms with Crippen molar-refractivity contribution < 1.29 is 27.1 Å². The van der Waals surface area contributed by atoms with Crippen LogP contribution in [0.1, 0.15) is 35.4 Å². The molecule has 0 bridgehead atoms. The number of alkyl halides is 4. The zero-order valence-electron chi connectivity index (χ0n) is 17.9. The smallest absolute Gasteiger partial charge is 0.280 e. The van der Waals surface area contributed by atoms with Crippen molar-refractivity contribution in [2.24, 2.45) is 0 Å². The molecule has 0 atom stereocenters. The summed E-state index contributed by atoms with van der Waals surface area (Å²) in [5, 5.41) is 6.84. The van der Waals surface area contributed by atoms with Gasteiger partial charge in [-0.3, -0.25) is 9.69 Å². The van der Waals surface area contributed by atoms with Gasteiger partial charge in [-0.25, -0.2) is 27.2 Å². The minimum absolute atomic E-state index is 0.0188. The summed E-state index contributed by atoms with van der Waals surface area (Å²) in [7, 11) is 0. The van der Waals surface area contributed by atoms with E-state index < -0.39 is 30.0 Å². The summed E-state index contributed by atoms with van der Waals surface area (Å²) < 4.78 is 59.8. The molecule has 176 valence electrons. The van der Waals surface area contributed by atoms with Crippen LogP contribution >= 0.6 is 0 Å². The number of rotatable bonds is 7. The van der Waals surface area contributed by atoms with E-state index in [1.165, 1.54) is 6.92 Å². The van der Waals surface area contributed by atoms with E-state index in [9.17, 15) is 22.4 Å². The number of fused-ring (bicyclic) bond motifs is 1. The highest BCUT2D eigenvalue weighted by molar-refractivity contribution is 5.92. The number of hydrogen-bond acceptors (Lipinski definition) is 5. The standard InChI is InChI=1S/C22H23F4N5O2/c1-13-19-16(20(23)24)10-17(21(25)26)28-22(19)31(29-13)12-18(32)27-15-4-2-3-14(9-15)11-30-5-7-33-8-6-30/h2-4,9-10,20-21H,5-8,11-12H2,1H3,(H,27,32). The van der Waals surface area contributed by atoms with Crippen molar-refractivity contribution in [1.82, 2.24) is 19.7 Å². The molecule has 1 aliphatic rings. The van der Waals surface area contributed by atoms with Gasteiger partial charge in [0.1, 0.15) is 12.2 Å². The number of benzene rings is 1. The Hall–Kier alpha value is -3.05. The summed E-state index contributed by atoms with van der Waals surface area (Å²) >= 11 is 0. The van der Waals surface area contributed by atoms with Gasteiger partial charge >= 0.3 is 0 Å². The first-order chi connectivity index (χ1) is 15.8. The maximum Gasteiger partial charge on any atom is 0.280 e. The number of nitrogens with one attached hydrogen (secondary N) is 1. The van der Waals surface area contributed by atoms with Gasteiger partial charge in [0.2, 0.25) is 5.91 Å². The Labute approximate surface area is 187 Å². The van der Waals surface area contributed by atoms with Crippen molar-refractivity contribution in [3.63, 3.8) is 0 Å². The summed E-state index contributed by atoms with van der Waals surface area (Å²) in [4.78, 5) is 18.7. The fourth-order valence-electron chi connectivity index (χ4n) is 3.90. The molecule has 11 heteroatoms. The quantitative estimate of drug-likeness (QED) is 0.533. The molecule has 3 aromatic rings. The minimum Gasteiger partial charge on any atom is -0.379 e. The molecule has 0 aliphatic carbocycles. The van der Waals surface area contributed by atoms with Crippen molar-refractivity contribution in [1.29, 1.82) is 0 Å². The summed E-state index contributed by atoms with van der Waals surface area (Å²) in [6.07, 6.45) is -6.01. The lowest BCUT2D eigenvalue weighted by Gasteiger charge is -2.26. The number of halogens is 4. The minimum atomic E-state index is -3.03. The van der Waals surface area contributed by atoms with Crippen LogP contribution < -0.4 is 5.32 Å². The van der Waals surface area contributed by atoms with E-state index in [-0.39, 0.29) is 23.3 Å². The first kappa shape index (κ1) is 23.1. The Morgan fingerprint density at radius 3 is 2.61 bits per heavy atom. The lowest BCUT2D eigenvalue weighted by Crippen LogP contribution is -2.35. The molecule has 1 aromatic carbocycles. The summed E-state index contributed by atoms with van der Waals surface area (Å²) in [5.74, 6) is -0.481. The maximum absolute atomic E-state index is 13.5. The normalized spacial score (nSPS) is 15.0. The third-order valence-electron chi connectivity index (χ3n) is 5.40. The zero-order chi connectivity index (χ0) is 23.5. The fourth-order valence-corrected chi connectivity index (χ4v) is 3.90. The highest BCUT2D eigenvalue weighted by Crippen LogP contribution is 2.32. The topological polar surface area (TPSA) is 72.3 Å². The number of amides is 1. The predicted octanol–water partition coefficient (Wildman–Crippen LogP) is 4.09. The van der Waals surface area contributed by atoms with Gasteiger partial charge in [-0.15, -0.1) is 0 Å². The van der Waals surface area contributed by atoms with E-state index >= 15 is 0 Å². The zero-order valence-corrected chi connectivity index (χ0v) is 17.9. The van der Waals surface area contributed by atoms with Crippen LogP contribution in [0.2, 0.25) is 0 Å². The maximum atomic E-state index is 13.5. The first-order valence-electron chi connectivity index (χ1n) is 10.4. The molecule has 1 N–H and O–H groups in total. The number of ether oxygens (including phenoxy) is 1. The Morgan fingerprint density at radius 1 is 1.15 bits per heavy atom. The van der Waals surface area contributed by atoms with Gasteiger partial charge in [-0.05, 0) is 30.7 Å². The van der Waals surface area contributed by atoms with Crippen molar-refractivity contribution in [3.05, 3.63) is 52.8 Å². The van der Waals surface area contributed by atoms with Gasteiger partial charge in [0.25, 0.3) is 12.9 Å². The molecule has 0 saturated carbocycles. The van der Waals surface area contributed by atoms with Crippen LogP contribution in [-0.2, 0) is 22.6 Å². The largest absolute Gasteiger partial charge is 0.379 e. The number of anilines is 1. The molecular formula is C22H23F4N5O2. The fraction of sp³-hybridized carbons (Fsp3) is 0.409. The molecule has 0 spiro atoms. The third-order valence-corrected chi connectivity index (χ3v) is 5.40. The van der Waals surface area contributed by atoms with E-state index in [0.29, 0.717) is 31.5 Å². The molecule has 0 unspecified atom stereocenters. The molecule has 0 radical (unpaired) electrons. The highest BCUT2D eigenvalue weighted by atomic mass is 19.3. The summed E-state index contributed by atoms with van der Waals surface area (Å²) in [5.41, 5.74) is 0.240. The van der Waals surface area contributed by atoms with Gasteiger partial charge in [-0.1, -0.05) is 12.1 Å². The molecule has 1 fully saturated rings. The van der Waals surface area contributed by atoms with Gasteiger partial charge in [0.15, 0.2) is 5.65 Å². The van der Waals surface area contributed by atoms with Crippen LogP contribution in [0.15, 0.2) is 30.3 Å². The number of morpholine rings is 1. The number of aryl methyl sites for hydroxylation is 1. The molecule has 1 saturated heterocycles. The second-order valence-electron chi connectivity index (χ2n) is 7.82. The summed E-state index contributed by atoms with van der Waals surface area (Å²) in [6, 6.07) is 8.05. The number of carbonyl (C=O) groups is 1. The molecule has 1 amide bonds. The lowest BCUT2D eigenvalue weighted by molar-refractivity contribution is -0.116. The SMILES string of the molecule is Cc1nn(CC(=O)Nc2cccc(CN3CCOCC3)c2)c2nc(C(F)F)cc(C(F)F)c12. The Kier molecular flexibility index (Phi) is 6.89. The number of carbonyl (C=O) groups excluding carboxylic acids is 1. The van der Waals surface area contributed by atoms with Crippen LogP contribution in [0.5, 0.6) is 0 Å². The Morgan fingerprint density at radius 2 is 1.91 bits per heavy atom. The number of hydrogen-bond donors (Lipinski definition) is 1. The lowest BCUT2D eigenvalue weighted by atomic mass is 10.1. The molecule has 1 aliphatic heterocycles. The van der Waals surface area contributed by atoms with Gasteiger partial charge in [-0.2, -0.15) is 5.10 Å². The van der Waals surface area contributed by atoms with Gasteiger partial charge in [0.05, 0.1) is 24.3 Å². The van der Waals surface area contributed by atoms with Crippen molar-refractivity contribution in [2.75, 3.05) is 31.6 Å². The Balaban J connectivity index is 1.53. The van der Waals surface area contributed by atoms with Crippen molar-refractivity contribution in [2.45, 2.75) is 32.9 Å². The third kappa shape index (κ3) is 5.31. The van der Waals surface area contributed by atoms with Crippen LogP contribution in [0.25, 0.3) is 11.0 Å². The van der Waals surface area contributed by atoms with Gasteiger partial charge < -0.3 is 10.1 Å². The van der Waals surface area contributed by atoms with E-state index in [1.807, 2.05) is 18.2 Å². The molecule has 2 aromatic heterocycles. The molecule has 4 rings (SSSR count).